The van der Waals surface area contributed by atoms with E-state index in [9.17, 15) is 0 Å². The van der Waals surface area contributed by atoms with Crippen LogP contribution >= 0.6 is 0 Å². The van der Waals surface area contributed by atoms with Gasteiger partial charge in [0.15, 0.2) is 0 Å². The predicted molar refractivity (Wildman–Crippen MR) is 95.8 cm³/mol. The summed E-state index contributed by atoms with van der Waals surface area (Å²) < 4.78 is 0. The van der Waals surface area contributed by atoms with Crippen LogP contribution in [0.4, 0.5) is 0 Å². The van der Waals surface area contributed by atoms with Crippen molar-refractivity contribution in [3.63, 3.8) is 0 Å². The minimum Gasteiger partial charge on any atom is -0.0654 e. The minimum atomic E-state index is 0.778. The van der Waals surface area contributed by atoms with E-state index in [4.69, 9.17) is 0 Å². The zero-order chi connectivity index (χ0) is 14.9. The third-order valence-corrected chi connectivity index (χ3v) is 5.31. The summed E-state index contributed by atoms with van der Waals surface area (Å²) in [6.07, 6.45) is 22.8. The van der Waals surface area contributed by atoms with Gasteiger partial charge >= 0.3 is 105 Å². The molecule has 1 atom stereocenters. The third kappa shape index (κ3) is 16.6. The second kappa shape index (κ2) is 17.6. The number of rotatable bonds is 16. The molecule has 0 saturated carbocycles. The molecule has 0 amide bonds. The van der Waals surface area contributed by atoms with Crippen molar-refractivity contribution in [2.24, 2.45) is 0 Å². The van der Waals surface area contributed by atoms with Crippen molar-refractivity contribution in [2.45, 2.75) is 114 Å². The van der Waals surface area contributed by atoms with Crippen molar-refractivity contribution >= 4 is 16.0 Å². The molecule has 0 nitrogen and oxygen atoms in total. The molecule has 0 aliphatic carbocycles. The van der Waals surface area contributed by atoms with E-state index in [-0.39, 0.29) is 0 Å². The summed E-state index contributed by atoms with van der Waals surface area (Å²) >= 11 is 2.77. The van der Waals surface area contributed by atoms with Gasteiger partial charge in [0, 0.05) is 0 Å². The molecule has 0 aromatic carbocycles. The SMILES string of the molecule is [CH2]CC([SeH])CCCCCCCCCCCCCCCC. The first kappa shape index (κ1) is 20.5. The van der Waals surface area contributed by atoms with Crippen LogP contribution in [0.3, 0.4) is 0 Å². The van der Waals surface area contributed by atoms with E-state index in [0.717, 1.165) is 11.2 Å². The number of hydrogen-bond donors (Lipinski definition) is 0. The Balaban J connectivity index is 2.96. The molecule has 0 aliphatic rings. The van der Waals surface area contributed by atoms with Crippen LogP contribution in [-0.4, -0.2) is 16.0 Å². The molecular formula is C19H39Se. The van der Waals surface area contributed by atoms with Gasteiger partial charge in [0.25, 0.3) is 0 Å². The van der Waals surface area contributed by atoms with Gasteiger partial charge in [-0.3, -0.25) is 0 Å². The molecule has 0 heterocycles. The normalized spacial score (nSPS) is 12.8. The maximum atomic E-state index is 3.95. The van der Waals surface area contributed by atoms with Crippen LogP contribution in [0.5, 0.6) is 0 Å². The first-order valence-electron chi connectivity index (χ1n) is 9.28. The first-order valence-corrected chi connectivity index (χ1v) is 10.4. The Morgan fingerprint density at radius 3 is 1.35 bits per heavy atom. The van der Waals surface area contributed by atoms with E-state index in [0.29, 0.717) is 0 Å². The molecule has 1 radical (unpaired) electrons. The molecule has 0 aromatic heterocycles. The zero-order valence-electron chi connectivity index (χ0n) is 14.0. The summed E-state index contributed by atoms with van der Waals surface area (Å²) in [6.45, 7) is 6.25. The molecule has 20 heavy (non-hydrogen) atoms. The van der Waals surface area contributed by atoms with Gasteiger partial charge in [0.2, 0.25) is 0 Å². The van der Waals surface area contributed by atoms with Crippen LogP contribution in [-0.2, 0) is 0 Å². The molecule has 0 fully saturated rings. The van der Waals surface area contributed by atoms with Crippen molar-refractivity contribution in [3.8, 4) is 0 Å². The Morgan fingerprint density at radius 1 is 0.650 bits per heavy atom. The van der Waals surface area contributed by atoms with Gasteiger partial charge in [-0.25, -0.2) is 0 Å². The Hall–Kier alpha value is 0.519. The average molecular weight is 346 g/mol. The van der Waals surface area contributed by atoms with Gasteiger partial charge in [-0.15, -0.1) is 0 Å². The first-order chi connectivity index (χ1) is 9.81. The van der Waals surface area contributed by atoms with E-state index < -0.39 is 0 Å². The van der Waals surface area contributed by atoms with Crippen LogP contribution in [0.1, 0.15) is 110 Å². The van der Waals surface area contributed by atoms with Gasteiger partial charge in [-0.1, -0.05) is 32.6 Å². The fraction of sp³-hybridized carbons (Fsp3) is 0.947. The maximum absolute atomic E-state index is 3.95. The summed E-state index contributed by atoms with van der Waals surface area (Å²) in [5.74, 6) is 0. The van der Waals surface area contributed by atoms with Gasteiger partial charge in [-0.2, -0.15) is 0 Å². The predicted octanol–water partition coefficient (Wildman–Crippen LogP) is 6.77. The molecule has 121 valence electrons. The zero-order valence-corrected chi connectivity index (χ0v) is 15.9. The second-order valence-electron chi connectivity index (χ2n) is 6.33. The quantitative estimate of drug-likeness (QED) is 0.214. The van der Waals surface area contributed by atoms with Crippen LogP contribution in [0.25, 0.3) is 0 Å². The van der Waals surface area contributed by atoms with Crippen LogP contribution < -0.4 is 0 Å². The fourth-order valence-electron chi connectivity index (χ4n) is 2.72. The third-order valence-electron chi connectivity index (χ3n) is 4.22. The Labute approximate surface area is 137 Å². The Kier molecular flexibility index (Phi) is 18.0. The Morgan fingerprint density at radius 2 is 1.00 bits per heavy atom. The molecule has 0 aromatic rings. The van der Waals surface area contributed by atoms with Crippen LogP contribution in [0, 0.1) is 6.92 Å². The van der Waals surface area contributed by atoms with Gasteiger partial charge in [-0.05, 0) is 0 Å². The van der Waals surface area contributed by atoms with Crippen LogP contribution in [0.15, 0.2) is 0 Å². The van der Waals surface area contributed by atoms with Gasteiger partial charge in [0.05, 0.1) is 0 Å². The van der Waals surface area contributed by atoms with Gasteiger partial charge in [0.1, 0.15) is 0 Å². The second-order valence-corrected chi connectivity index (χ2v) is 7.86. The minimum absolute atomic E-state index is 0.778. The standard InChI is InChI=1S/C19H39Se/c1-3-5-6-7-8-9-10-11-12-13-14-15-16-17-18-19(20)4-2/h19-20H,2-18H2,1H3. The van der Waals surface area contributed by atoms with E-state index in [1.807, 2.05) is 0 Å². The summed E-state index contributed by atoms with van der Waals surface area (Å²) in [5.41, 5.74) is 0. The fourth-order valence-corrected chi connectivity index (χ4v) is 3.10. The Bertz CT molecular complexity index is 167. The summed E-state index contributed by atoms with van der Waals surface area (Å²) in [6, 6.07) is 0. The summed E-state index contributed by atoms with van der Waals surface area (Å²) in [5, 5.41) is 0. The van der Waals surface area contributed by atoms with E-state index in [2.05, 4.69) is 29.9 Å². The van der Waals surface area contributed by atoms with Crippen LogP contribution in [0.2, 0.25) is 4.82 Å². The summed E-state index contributed by atoms with van der Waals surface area (Å²) in [4.78, 5) is 0.778. The van der Waals surface area contributed by atoms with E-state index >= 15 is 0 Å². The average Bonchev–Trinajstić information content (AvgIpc) is 2.47. The van der Waals surface area contributed by atoms with E-state index in [1.54, 1.807) is 0 Å². The molecule has 0 rings (SSSR count). The smallest absolute Gasteiger partial charge is 0.0654 e. The molecule has 0 bridgehead atoms. The molecule has 1 unspecified atom stereocenters. The molecule has 0 saturated heterocycles. The molecule has 0 N–H and O–H groups in total. The number of unbranched alkanes of at least 4 members (excludes halogenated alkanes) is 13. The molecular weight excluding hydrogens is 307 g/mol. The molecule has 0 spiro atoms. The van der Waals surface area contributed by atoms with Crippen molar-refractivity contribution in [3.05, 3.63) is 6.92 Å². The topological polar surface area (TPSA) is 0 Å². The monoisotopic (exact) mass is 347 g/mol. The number of hydrogen-bond acceptors (Lipinski definition) is 0. The molecule has 0 aliphatic heterocycles. The van der Waals surface area contributed by atoms with Crippen molar-refractivity contribution in [1.29, 1.82) is 0 Å². The van der Waals surface area contributed by atoms with Gasteiger partial charge < -0.3 is 0 Å². The van der Waals surface area contributed by atoms with Crippen molar-refractivity contribution in [2.75, 3.05) is 0 Å². The summed E-state index contributed by atoms with van der Waals surface area (Å²) in [7, 11) is 0. The van der Waals surface area contributed by atoms with E-state index in [1.165, 1.54) is 96.3 Å². The van der Waals surface area contributed by atoms with Crippen molar-refractivity contribution in [1.82, 2.24) is 0 Å². The molecule has 1 heteroatoms. The van der Waals surface area contributed by atoms with Crippen molar-refractivity contribution < 1.29 is 0 Å².